The number of nitrogens with one attached hydrogen (secondary N) is 1. The molecular formula is C10H14IN3. The summed E-state index contributed by atoms with van der Waals surface area (Å²) in [6, 6.07) is 4.15. The third kappa shape index (κ3) is 2.17. The quantitative estimate of drug-likeness (QED) is 0.671. The van der Waals surface area contributed by atoms with E-state index in [0.717, 1.165) is 12.2 Å². The third-order valence-corrected chi connectivity index (χ3v) is 3.50. The lowest BCUT2D eigenvalue weighted by Crippen LogP contribution is -2.07. The summed E-state index contributed by atoms with van der Waals surface area (Å²) in [5.41, 5.74) is 2.37. The third-order valence-electron chi connectivity index (χ3n) is 2.63. The number of nitrogens with zero attached hydrogens (tertiary/aromatic N) is 2. The van der Waals surface area contributed by atoms with Gasteiger partial charge in [-0.25, -0.2) is 3.11 Å². The predicted molar refractivity (Wildman–Crippen MR) is 66.7 cm³/mol. The normalized spacial score (nSPS) is 22.6. The van der Waals surface area contributed by atoms with E-state index >= 15 is 0 Å². The highest BCUT2D eigenvalue weighted by molar-refractivity contribution is 14.1. The van der Waals surface area contributed by atoms with Gasteiger partial charge in [0, 0.05) is 66.5 Å². The van der Waals surface area contributed by atoms with Crippen LogP contribution in [0.2, 0.25) is 0 Å². The van der Waals surface area contributed by atoms with Crippen LogP contribution < -0.4 is 5.32 Å². The summed E-state index contributed by atoms with van der Waals surface area (Å²) in [7, 11) is 1.94. The van der Waals surface area contributed by atoms with E-state index in [9.17, 15) is 0 Å². The zero-order chi connectivity index (χ0) is 9.97. The monoisotopic (exact) mass is 303 g/mol. The number of aromatic nitrogens is 1. The second-order valence-corrected chi connectivity index (χ2v) is 4.94. The molecule has 1 unspecified atom stereocenters. The van der Waals surface area contributed by atoms with E-state index in [1.807, 2.05) is 19.3 Å². The smallest absolute Gasteiger partial charge is 0.0468 e. The Hall–Kier alpha value is -0.360. The number of rotatable bonds is 2. The van der Waals surface area contributed by atoms with Crippen molar-refractivity contribution in [3.8, 4) is 0 Å². The van der Waals surface area contributed by atoms with Gasteiger partial charge in [0.1, 0.15) is 0 Å². The van der Waals surface area contributed by atoms with Crippen molar-refractivity contribution in [1.82, 2.24) is 8.10 Å². The van der Waals surface area contributed by atoms with Gasteiger partial charge < -0.3 is 5.32 Å². The van der Waals surface area contributed by atoms with Gasteiger partial charge in [0.05, 0.1) is 0 Å². The average Bonchev–Trinajstić information content (AvgIpc) is 2.65. The van der Waals surface area contributed by atoms with Gasteiger partial charge in [0.25, 0.3) is 0 Å². The number of hydrogen-bond acceptors (Lipinski definition) is 3. The van der Waals surface area contributed by atoms with Crippen molar-refractivity contribution >= 4 is 28.6 Å². The fourth-order valence-corrected chi connectivity index (χ4v) is 2.54. The van der Waals surface area contributed by atoms with Gasteiger partial charge in [-0.3, -0.25) is 4.98 Å². The van der Waals surface area contributed by atoms with Crippen LogP contribution in [0, 0.1) is 0 Å². The second-order valence-electron chi connectivity index (χ2n) is 3.57. The van der Waals surface area contributed by atoms with Crippen LogP contribution >= 0.6 is 22.9 Å². The minimum Gasteiger partial charge on any atom is -0.388 e. The molecule has 3 nitrogen and oxygen atoms in total. The Morgan fingerprint density at radius 3 is 3.14 bits per heavy atom. The van der Waals surface area contributed by atoms with Crippen LogP contribution in [0.15, 0.2) is 18.3 Å². The predicted octanol–water partition coefficient (Wildman–Crippen LogP) is 2.26. The fourth-order valence-electron chi connectivity index (χ4n) is 1.79. The van der Waals surface area contributed by atoms with Gasteiger partial charge in [-0.1, -0.05) is 0 Å². The van der Waals surface area contributed by atoms with Crippen molar-refractivity contribution in [1.29, 1.82) is 0 Å². The van der Waals surface area contributed by atoms with Gasteiger partial charge >= 0.3 is 0 Å². The zero-order valence-corrected chi connectivity index (χ0v) is 10.4. The van der Waals surface area contributed by atoms with Crippen LogP contribution in [0.5, 0.6) is 0 Å². The van der Waals surface area contributed by atoms with E-state index in [4.69, 9.17) is 0 Å². The topological polar surface area (TPSA) is 28.2 Å². The van der Waals surface area contributed by atoms with Crippen LogP contribution in [-0.4, -0.2) is 28.2 Å². The molecule has 1 aliphatic rings. The first-order chi connectivity index (χ1) is 6.79. The molecule has 0 aliphatic carbocycles. The maximum absolute atomic E-state index is 4.43. The summed E-state index contributed by atoms with van der Waals surface area (Å²) < 4.78 is 2.33. The molecular weight excluding hydrogens is 289 g/mol. The maximum atomic E-state index is 4.43. The minimum absolute atomic E-state index is 0.611. The molecule has 1 N–H and O–H groups in total. The summed E-state index contributed by atoms with van der Waals surface area (Å²) in [6.45, 7) is 2.30. The fraction of sp³-hybridized carbons (Fsp3) is 0.500. The molecule has 1 atom stereocenters. The van der Waals surface area contributed by atoms with Crippen molar-refractivity contribution in [3.63, 3.8) is 0 Å². The number of anilines is 1. The van der Waals surface area contributed by atoms with Crippen molar-refractivity contribution in [2.24, 2.45) is 0 Å². The Kier molecular flexibility index (Phi) is 3.22. The highest BCUT2D eigenvalue weighted by Crippen LogP contribution is 2.28. The van der Waals surface area contributed by atoms with Crippen LogP contribution in [0.4, 0.5) is 5.69 Å². The minimum atomic E-state index is 0.611. The Balaban J connectivity index is 2.15. The molecule has 0 spiro atoms. The summed E-state index contributed by atoms with van der Waals surface area (Å²) in [5, 5.41) is 3.15. The Morgan fingerprint density at radius 1 is 1.64 bits per heavy atom. The summed E-state index contributed by atoms with van der Waals surface area (Å²) in [4.78, 5) is 4.43. The summed E-state index contributed by atoms with van der Waals surface area (Å²) >= 11 is 2.38. The molecule has 0 radical (unpaired) electrons. The summed E-state index contributed by atoms with van der Waals surface area (Å²) in [5.74, 6) is 0.611. The maximum Gasteiger partial charge on any atom is 0.0468 e. The van der Waals surface area contributed by atoms with Crippen molar-refractivity contribution in [2.75, 3.05) is 25.5 Å². The van der Waals surface area contributed by atoms with Gasteiger partial charge in [0.2, 0.25) is 0 Å². The van der Waals surface area contributed by atoms with Gasteiger partial charge in [-0.2, -0.15) is 0 Å². The van der Waals surface area contributed by atoms with Gasteiger partial charge in [-0.15, -0.1) is 0 Å². The number of hydrogen-bond donors (Lipinski definition) is 1. The second kappa shape index (κ2) is 4.44. The van der Waals surface area contributed by atoms with E-state index in [1.54, 1.807) is 0 Å². The van der Waals surface area contributed by atoms with E-state index in [1.165, 1.54) is 18.7 Å². The zero-order valence-electron chi connectivity index (χ0n) is 8.20. The lowest BCUT2D eigenvalue weighted by molar-refractivity contribution is 0.616. The molecule has 2 heterocycles. The van der Waals surface area contributed by atoms with Gasteiger partial charge in [-0.05, 0) is 18.6 Å². The molecule has 76 valence electrons. The summed E-state index contributed by atoms with van der Waals surface area (Å²) in [6.07, 6.45) is 3.11. The molecule has 4 heteroatoms. The molecule has 0 bridgehead atoms. The molecule has 14 heavy (non-hydrogen) atoms. The van der Waals surface area contributed by atoms with Crippen LogP contribution in [-0.2, 0) is 0 Å². The lowest BCUT2D eigenvalue weighted by atomic mass is 10.0. The first-order valence-electron chi connectivity index (χ1n) is 4.84. The van der Waals surface area contributed by atoms with E-state index < -0.39 is 0 Å². The number of halogens is 1. The van der Waals surface area contributed by atoms with Crippen LogP contribution in [0.3, 0.4) is 0 Å². The number of pyridine rings is 1. The first kappa shape index (κ1) is 10.2. The van der Waals surface area contributed by atoms with E-state index in [2.05, 4.69) is 42.3 Å². The molecule has 2 rings (SSSR count). The van der Waals surface area contributed by atoms with Crippen molar-refractivity contribution in [3.05, 3.63) is 24.0 Å². The molecule has 1 saturated heterocycles. The molecule has 1 aromatic heterocycles. The van der Waals surface area contributed by atoms with Gasteiger partial charge in [0.15, 0.2) is 0 Å². The highest BCUT2D eigenvalue weighted by Gasteiger charge is 2.23. The molecule has 0 saturated carbocycles. The Labute approximate surface area is 98.4 Å². The molecule has 0 aromatic carbocycles. The van der Waals surface area contributed by atoms with Crippen molar-refractivity contribution in [2.45, 2.75) is 12.3 Å². The highest BCUT2D eigenvalue weighted by atomic mass is 127. The molecule has 1 aliphatic heterocycles. The van der Waals surface area contributed by atoms with Crippen molar-refractivity contribution < 1.29 is 0 Å². The standard InChI is InChI=1S/C10H14IN3/c1-12-9-2-4-13-10(6-9)8-3-5-14(11)7-8/h2,4,6,8H,3,5,7H2,1H3,(H,12,13). The van der Waals surface area contributed by atoms with E-state index in [0.29, 0.717) is 5.92 Å². The lowest BCUT2D eigenvalue weighted by Gasteiger charge is -2.10. The Morgan fingerprint density at radius 2 is 2.50 bits per heavy atom. The molecule has 1 fully saturated rings. The molecule has 0 amide bonds. The largest absolute Gasteiger partial charge is 0.388 e. The van der Waals surface area contributed by atoms with E-state index in [-0.39, 0.29) is 0 Å². The Bertz CT molecular complexity index is 316. The van der Waals surface area contributed by atoms with Crippen LogP contribution in [0.1, 0.15) is 18.0 Å². The molecule has 1 aromatic rings. The average molecular weight is 303 g/mol. The first-order valence-corrected chi connectivity index (χ1v) is 5.80. The van der Waals surface area contributed by atoms with Crippen LogP contribution in [0.25, 0.3) is 0 Å². The SMILES string of the molecule is CNc1ccnc(C2CCN(I)C2)c1.